The van der Waals surface area contributed by atoms with Crippen molar-refractivity contribution in [2.24, 2.45) is 17.3 Å². The number of hydrogen-bond donors (Lipinski definition) is 0. The molecule has 114 valence electrons. The average Bonchev–Trinajstić information content (AvgIpc) is 2.84. The lowest BCUT2D eigenvalue weighted by Crippen LogP contribution is -2.48. The van der Waals surface area contributed by atoms with E-state index in [1.54, 1.807) is 11.3 Å². The molecule has 0 radical (unpaired) electrons. The van der Waals surface area contributed by atoms with Crippen molar-refractivity contribution < 1.29 is 9.53 Å². The van der Waals surface area contributed by atoms with Crippen LogP contribution in [0.5, 0.6) is 0 Å². The SMILES string of the molecule is Cc1nc(CC(=O)OCCC2=CC[C@H]3C[C@@H]2C3(C)C)cs1. The number of esters is 1. The molecule has 1 fully saturated rings. The molecule has 0 spiro atoms. The average molecular weight is 305 g/mol. The number of carbonyl (C=O) groups excluding carboxylic acids is 1. The minimum Gasteiger partial charge on any atom is -0.465 e. The van der Waals surface area contributed by atoms with Gasteiger partial charge in [0.15, 0.2) is 0 Å². The van der Waals surface area contributed by atoms with Crippen LogP contribution in [0, 0.1) is 24.2 Å². The first-order valence-corrected chi connectivity index (χ1v) is 8.60. The van der Waals surface area contributed by atoms with Gasteiger partial charge < -0.3 is 4.74 Å². The largest absolute Gasteiger partial charge is 0.465 e. The first-order chi connectivity index (χ1) is 9.96. The fraction of sp³-hybridized carbons (Fsp3) is 0.647. The molecule has 4 rings (SSSR count). The molecule has 3 aliphatic rings. The van der Waals surface area contributed by atoms with Gasteiger partial charge in [0.25, 0.3) is 0 Å². The Morgan fingerprint density at radius 2 is 2.33 bits per heavy atom. The van der Waals surface area contributed by atoms with Crippen molar-refractivity contribution in [2.45, 2.75) is 46.5 Å². The Morgan fingerprint density at radius 1 is 1.52 bits per heavy atom. The van der Waals surface area contributed by atoms with Gasteiger partial charge in [0.1, 0.15) is 0 Å². The number of thiazole rings is 1. The highest BCUT2D eigenvalue weighted by molar-refractivity contribution is 7.09. The number of aryl methyl sites for hydroxylation is 1. The third-order valence-electron chi connectivity index (χ3n) is 5.23. The first kappa shape index (κ1) is 14.8. The molecule has 1 saturated carbocycles. The molecule has 21 heavy (non-hydrogen) atoms. The summed E-state index contributed by atoms with van der Waals surface area (Å²) in [6.07, 6.45) is 6.08. The van der Waals surface area contributed by atoms with Gasteiger partial charge >= 0.3 is 5.97 Å². The molecule has 4 heteroatoms. The predicted molar refractivity (Wildman–Crippen MR) is 84.2 cm³/mol. The maximum atomic E-state index is 11.8. The number of hydrogen-bond acceptors (Lipinski definition) is 4. The second kappa shape index (κ2) is 5.56. The summed E-state index contributed by atoms with van der Waals surface area (Å²) in [5.41, 5.74) is 2.77. The Kier molecular flexibility index (Phi) is 3.91. The highest BCUT2D eigenvalue weighted by Gasteiger charge is 2.50. The van der Waals surface area contributed by atoms with E-state index in [4.69, 9.17) is 4.74 Å². The van der Waals surface area contributed by atoms with Crippen LogP contribution in [0.3, 0.4) is 0 Å². The number of ether oxygens (including phenoxy) is 1. The van der Waals surface area contributed by atoms with E-state index in [1.165, 1.54) is 18.4 Å². The van der Waals surface area contributed by atoms with Gasteiger partial charge in [-0.25, -0.2) is 4.98 Å². The summed E-state index contributed by atoms with van der Waals surface area (Å²) < 4.78 is 5.38. The Labute approximate surface area is 130 Å². The molecule has 1 heterocycles. The van der Waals surface area contributed by atoms with Gasteiger partial charge in [0.05, 0.1) is 23.7 Å². The van der Waals surface area contributed by atoms with Crippen LogP contribution >= 0.6 is 11.3 Å². The van der Waals surface area contributed by atoms with Crippen molar-refractivity contribution in [2.75, 3.05) is 6.61 Å². The van der Waals surface area contributed by atoms with Crippen molar-refractivity contribution in [1.82, 2.24) is 4.98 Å². The monoisotopic (exact) mass is 305 g/mol. The molecule has 2 bridgehead atoms. The predicted octanol–water partition coefficient (Wildman–Crippen LogP) is 3.92. The molecular formula is C17H23NO2S. The molecule has 0 aromatic carbocycles. The third-order valence-corrected chi connectivity index (χ3v) is 6.05. The number of aromatic nitrogens is 1. The molecule has 3 nitrogen and oxygen atoms in total. The van der Waals surface area contributed by atoms with Crippen LogP contribution in [0.4, 0.5) is 0 Å². The summed E-state index contributed by atoms with van der Waals surface area (Å²) >= 11 is 1.57. The molecule has 0 N–H and O–H groups in total. The van der Waals surface area contributed by atoms with Crippen LogP contribution in [0.2, 0.25) is 0 Å². The Morgan fingerprint density at radius 3 is 2.95 bits per heavy atom. The van der Waals surface area contributed by atoms with Gasteiger partial charge in [-0.05, 0) is 37.0 Å². The number of fused-ring (bicyclic) bond motifs is 1. The lowest BCUT2D eigenvalue weighted by molar-refractivity contribution is -0.142. The van der Waals surface area contributed by atoms with Gasteiger partial charge in [-0.1, -0.05) is 25.5 Å². The standard InChI is InChI=1S/C17H23NO2S/c1-11-18-14(10-21-11)9-16(19)20-7-6-12-4-5-13-8-15(12)17(13,2)3/h4,10,13,15H,5-9H2,1-3H3/t13-,15-/m0/s1. The van der Waals surface area contributed by atoms with Crippen LogP contribution in [0.15, 0.2) is 17.0 Å². The lowest BCUT2D eigenvalue weighted by atomic mass is 9.48. The van der Waals surface area contributed by atoms with E-state index >= 15 is 0 Å². The number of nitrogens with zero attached hydrogens (tertiary/aromatic N) is 1. The summed E-state index contributed by atoms with van der Waals surface area (Å²) in [6, 6.07) is 0. The summed E-state index contributed by atoms with van der Waals surface area (Å²) in [5, 5.41) is 2.92. The van der Waals surface area contributed by atoms with E-state index < -0.39 is 0 Å². The second-order valence-corrected chi connectivity index (χ2v) is 7.89. The fourth-order valence-corrected chi connectivity index (χ4v) is 4.34. The first-order valence-electron chi connectivity index (χ1n) is 7.72. The molecule has 3 aliphatic carbocycles. The summed E-state index contributed by atoms with van der Waals surface area (Å²) in [5.74, 6) is 1.40. The molecule has 0 amide bonds. The number of rotatable bonds is 5. The van der Waals surface area contributed by atoms with Crippen molar-refractivity contribution in [1.29, 1.82) is 0 Å². The van der Waals surface area contributed by atoms with E-state index in [0.29, 0.717) is 24.4 Å². The zero-order valence-corrected chi connectivity index (χ0v) is 13.8. The molecule has 1 aromatic heterocycles. The van der Waals surface area contributed by atoms with Crippen LogP contribution < -0.4 is 0 Å². The second-order valence-electron chi connectivity index (χ2n) is 6.83. The van der Waals surface area contributed by atoms with Crippen LogP contribution in [0.25, 0.3) is 0 Å². The number of allylic oxidation sites excluding steroid dienone is 1. The van der Waals surface area contributed by atoms with Crippen molar-refractivity contribution in [3.05, 3.63) is 27.7 Å². The van der Waals surface area contributed by atoms with E-state index in [9.17, 15) is 4.79 Å². The molecule has 0 unspecified atom stereocenters. The number of carbonyl (C=O) groups is 1. The Hall–Kier alpha value is -1.16. The molecule has 0 saturated heterocycles. The van der Waals surface area contributed by atoms with E-state index in [1.807, 2.05) is 12.3 Å². The van der Waals surface area contributed by atoms with Crippen LogP contribution in [-0.2, 0) is 16.0 Å². The Balaban J connectivity index is 1.44. The van der Waals surface area contributed by atoms with Gasteiger partial charge in [0, 0.05) is 11.8 Å². The normalized spacial score (nSPS) is 26.0. The zero-order valence-electron chi connectivity index (χ0n) is 13.0. The van der Waals surface area contributed by atoms with Gasteiger partial charge in [0.2, 0.25) is 0 Å². The van der Waals surface area contributed by atoms with Gasteiger partial charge in [-0.3, -0.25) is 4.79 Å². The Bertz CT molecular complexity index is 573. The smallest absolute Gasteiger partial charge is 0.311 e. The van der Waals surface area contributed by atoms with Crippen LogP contribution in [-0.4, -0.2) is 17.6 Å². The summed E-state index contributed by atoms with van der Waals surface area (Å²) in [7, 11) is 0. The van der Waals surface area contributed by atoms with Gasteiger partial charge in [-0.15, -0.1) is 11.3 Å². The van der Waals surface area contributed by atoms with Crippen molar-refractivity contribution in [3.63, 3.8) is 0 Å². The third kappa shape index (κ3) is 2.91. The summed E-state index contributed by atoms with van der Waals surface area (Å²) in [4.78, 5) is 16.1. The molecule has 1 aromatic rings. The van der Waals surface area contributed by atoms with E-state index in [0.717, 1.165) is 23.0 Å². The minimum atomic E-state index is -0.164. The molecular weight excluding hydrogens is 282 g/mol. The lowest BCUT2D eigenvalue weighted by Gasteiger charge is -2.56. The van der Waals surface area contributed by atoms with E-state index in [-0.39, 0.29) is 5.97 Å². The van der Waals surface area contributed by atoms with Gasteiger partial charge in [-0.2, -0.15) is 0 Å². The van der Waals surface area contributed by atoms with E-state index in [2.05, 4.69) is 24.9 Å². The molecule has 0 aliphatic heterocycles. The minimum absolute atomic E-state index is 0.164. The zero-order chi connectivity index (χ0) is 15.0. The highest BCUT2D eigenvalue weighted by Crippen LogP contribution is 2.59. The van der Waals surface area contributed by atoms with Crippen LogP contribution in [0.1, 0.15) is 43.8 Å². The van der Waals surface area contributed by atoms with Crippen molar-refractivity contribution in [3.8, 4) is 0 Å². The quantitative estimate of drug-likeness (QED) is 0.611. The summed E-state index contributed by atoms with van der Waals surface area (Å²) in [6.45, 7) is 7.19. The maximum Gasteiger partial charge on any atom is 0.311 e. The topological polar surface area (TPSA) is 39.2 Å². The fourth-order valence-electron chi connectivity index (χ4n) is 3.73. The molecule has 2 atom stereocenters. The van der Waals surface area contributed by atoms with Crippen molar-refractivity contribution >= 4 is 17.3 Å². The maximum absolute atomic E-state index is 11.8. The highest BCUT2D eigenvalue weighted by atomic mass is 32.1.